The van der Waals surface area contributed by atoms with E-state index in [4.69, 9.17) is 5.11 Å². The Morgan fingerprint density at radius 3 is 2.70 bits per heavy atom. The van der Waals surface area contributed by atoms with Crippen LogP contribution < -0.4 is 5.32 Å². The maximum atomic E-state index is 13.3. The molecule has 5 heteroatoms. The molecule has 4 nitrogen and oxygen atoms in total. The minimum atomic E-state index is -1.04. The van der Waals surface area contributed by atoms with Gasteiger partial charge in [-0.15, -0.1) is 0 Å². The van der Waals surface area contributed by atoms with Gasteiger partial charge in [0.15, 0.2) is 0 Å². The highest BCUT2D eigenvalue weighted by atomic mass is 19.1. The lowest BCUT2D eigenvalue weighted by Crippen LogP contribution is -2.41. The number of benzene rings is 1. The Kier molecular flexibility index (Phi) is 4.37. The van der Waals surface area contributed by atoms with Crippen LogP contribution in [0.4, 0.5) is 4.39 Å². The summed E-state index contributed by atoms with van der Waals surface area (Å²) in [6, 6.07) is 3.11. The number of carbonyl (C=O) groups is 2. The first-order valence-corrected chi connectivity index (χ1v) is 6.83. The number of nitrogens with one attached hydrogen (secondary N) is 1. The van der Waals surface area contributed by atoms with E-state index in [0.29, 0.717) is 24.3 Å². The summed E-state index contributed by atoms with van der Waals surface area (Å²) in [5.41, 5.74) is 0.925. The summed E-state index contributed by atoms with van der Waals surface area (Å²) < 4.78 is 13.3. The number of aliphatic carboxylic acids is 1. The van der Waals surface area contributed by atoms with E-state index in [1.54, 1.807) is 6.07 Å². The number of hydrogen-bond acceptors (Lipinski definition) is 2. The molecule has 1 atom stereocenters. The zero-order chi connectivity index (χ0) is 14.7. The maximum Gasteiger partial charge on any atom is 0.326 e. The lowest BCUT2D eigenvalue weighted by molar-refractivity contribution is -0.139. The van der Waals surface area contributed by atoms with Crippen LogP contribution in [0.2, 0.25) is 0 Å². The average Bonchev–Trinajstić information content (AvgIpc) is 3.21. The zero-order valence-electron chi connectivity index (χ0n) is 11.4. The fourth-order valence-corrected chi connectivity index (χ4v) is 2.21. The van der Waals surface area contributed by atoms with E-state index in [-0.39, 0.29) is 5.56 Å². The van der Waals surface area contributed by atoms with E-state index in [1.807, 2.05) is 6.92 Å². The smallest absolute Gasteiger partial charge is 0.326 e. The summed E-state index contributed by atoms with van der Waals surface area (Å²) >= 11 is 0. The van der Waals surface area contributed by atoms with Crippen molar-refractivity contribution in [2.24, 2.45) is 5.92 Å². The molecule has 1 aromatic rings. The van der Waals surface area contributed by atoms with Gasteiger partial charge in [-0.25, -0.2) is 9.18 Å². The normalized spacial score (nSPS) is 15.7. The van der Waals surface area contributed by atoms with Gasteiger partial charge in [-0.2, -0.15) is 0 Å². The third-order valence-electron chi connectivity index (χ3n) is 3.57. The molecule has 1 aliphatic carbocycles. The lowest BCUT2D eigenvalue weighted by atomic mass is 10.0. The topological polar surface area (TPSA) is 66.4 Å². The number of carboxylic acids is 1. The predicted molar refractivity (Wildman–Crippen MR) is 72.0 cm³/mol. The van der Waals surface area contributed by atoms with Crippen molar-refractivity contribution in [3.63, 3.8) is 0 Å². The minimum Gasteiger partial charge on any atom is -0.480 e. The Hall–Kier alpha value is -1.91. The van der Waals surface area contributed by atoms with Gasteiger partial charge in [0.05, 0.1) is 0 Å². The second kappa shape index (κ2) is 6.03. The SMILES string of the molecule is CCc1ccc(F)cc1C(=O)NC(CC1CC1)C(=O)O. The molecular weight excluding hydrogens is 261 g/mol. The van der Waals surface area contributed by atoms with Gasteiger partial charge in [-0.05, 0) is 36.5 Å². The lowest BCUT2D eigenvalue weighted by Gasteiger charge is -2.15. The molecule has 1 fully saturated rings. The number of halogens is 1. The van der Waals surface area contributed by atoms with Crippen molar-refractivity contribution >= 4 is 11.9 Å². The van der Waals surface area contributed by atoms with Gasteiger partial charge in [0, 0.05) is 5.56 Å². The molecule has 1 amide bonds. The average molecular weight is 279 g/mol. The van der Waals surface area contributed by atoms with Crippen LogP contribution in [0.25, 0.3) is 0 Å². The van der Waals surface area contributed by atoms with Gasteiger partial charge in [0.2, 0.25) is 0 Å². The predicted octanol–water partition coefficient (Wildman–Crippen LogP) is 2.37. The van der Waals surface area contributed by atoms with Gasteiger partial charge < -0.3 is 10.4 Å². The van der Waals surface area contributed by atoms with Crippen LogP contribution in [0, 0.1) is 11.7 Å². The highest BCUT2D eigenvalue weighted by molar-refractivity contribution is 5.97. The largest absolute Gasteiger partial charge is 0.480 e. The standard InChI is InChI=1S/C15H18FNO3/c1-2-10-5-6-11(16)8-12(10)14(18)17-13(15(19)20)7-9-3-4-9/h5-6,8-9,13H,2-4,7H2,1H3,(H,17,18)(H,19,20). The third-order valence-corrected chi connectivity index (χ3v) is 3.57. The maximum absolute atomic E-state index is 13.3. The van der Waals surface area contributed by atoms with Crippen molar-refractivity contribution in [2.75, 3.05) is 0 Å². The number of aryl methyl sites for hydroxylation is 1. The van der Waals surface area contributed by atoms with Gasteiger partial charge in [-0.3, -0.25) is 4.79 Å². The summed E-state index contributed by atoms with van der Waals surface area (Å²) in [5.74, 6) is -1.68. The van der Waals surface area contributed by atoms with Gasteiger partial charge in [0.1, 0.15) is 11.9 Å². The van der Waals surface area contributed by atoms with E-state index in [9.17, 15) is 14.0 Å². The Balaban J connectivity index is 2.13. The van der Waals surface area contributed by atoms with Crippen molar-refractivity contribution in [2.45, 2.75) is 38.6 Å². The molecule has 1 aliphatic rings. The molecule has 1 unspecified atom stereocenters. The molecule has 0 saturated heterocycles. The fourth-order valence-electron chi connectivity index (χ4n) is 2.21. The summed E-state index contributed by atoms with van der Waals surface area (Å²) in [5, 5.41) is 11.6. The van der Waals surface area contributed by atoms with E-state index < -0.39 is 23.7 Å². The molecular formula is C15H18FNO3. The molecule has 0 bridgehead atoms. The minimum absolute atomic E-state index is 0.217. The molecule has 0 radical (unpaired) electrons. The van der Waals surface area contributed by atoms with Crippen molar-refractivity contribution in [1.82, 2.24) is 5.32 Å². The molecule has 0 heterocycles. The first-order valence-electron chi connectivity index (χ1n) is 6.83. The molecule has 0 aromatic heterocycles. The zero-order valence-corrected chi connectivity index (χ0v) is 11.4. The third kappa shape index (κ3) is 3.56. The molecule has 0 aliphatic heterocycles. The second-order valence-electron chi connectivity index (χ2n) is 5.20. The first kappa shape index (κ1) is 14.5. The number of carboxylic acid groups (broad SMARTS) is 1. The van der Waals surface area contributed by atoms with E-state index in [0.717, 1.165) is 18.9 Å². The highest BCUT2D eigenvalue weighted by Crippen LogP contribution is 2.33. The Morgan fingerprint density at radius 2 is 2.15 bits per heavy atom. The molecule has 2 rings (SSSR count). The van der Waals surface area contributed by atoms with Crippen LogP contribution in [0.5, 0.6) is 0 Å². The molecule has 20 heavy (non-hydrogen) atoms. The quantitative estimate of drug-likeness (QED) is 0.840. The van der Waals surface area contributed by atoms with Crippen molar-refractivity contribution < 1.29 is 19.1 Å². The summed E-state index contributed by atoms with van der Waals surface area (Å²) in [6.07, 6.45) is 3.06. The molecule has 0 spiro atoms. The Labute approximate surface area is 117 Å². The highest BCUT2D eigenvalue weighted by Gasteiger charge is 2.30. The van der Waals surface area contributed by atoms with E-state index in [2.05, 4.69) is 5.32 Å². The van der Waals surface area contributed by atoms with Gasteiger partial charge >= 0.3 is 5.97 Å². The number of rotatable bonds is 6. The summed E-state index contributed by atoms with van der Waals surface area (Å²) in [4.78, 5) is 23.3. The molecule has 108 valence electrons. The van der Waals surface area contributed by atoms with Crippen molar-refractivity contribution in [3.8, 4) is 0 Å². The van der Waals surface area contributed by atoms with Crippen LogP contribution >= 0.6 is 0 Å². The Morgan fingerprint density at radius 1 is 1.45 bits per heavy atom. The van der Waals surface area contributed by atoms with Gasteiger partial charge in [-0.1, -0.05) is 25.8 Å². The van der Waals surface area contributed by atoms with Crippen LogP contribution in [0.15, 0.2) is 18.2 Å². The number of amides is 1. The molecule has 2 N–H and O–H groups in total. The fraction of sp³-hybridized carbons (Fsp3) is 0.467. The van der Waals surface area contributed by atoms with Crippen LogP contribution in [0.3, 0.4) is 0 Å². The van der Waals surface area contributed by atoms with Crippen molar-refractivity contribution in [3.05, 3.63) is 35.1 Å². The number of carbonyl (C=O) groups excluding carboxylic acids is 1. The summed E-state index contributed by atoms with van der Waals surface area (Å²) in [6.45, 7) is 1.86. The summed E-state index contributed by atoms with van der Waals surface area (Å²) in [7, 11) is 0. The van der Waals surface area contributed by atoms with Crippen LogP contribution in [-0.2, 0) is 11.2 Å². The Bertz CT molecular complexity index is 526. The van der Waals surface area contributed by atoms with E-state index >= 15 is 0 Å². The molecule has 1 aromatic carbocycles. The first-order chi connectivity index (χ1) is 9.51. The van der Waals surface area contributed by atoms with Crippen molar-refractivity contribution in [1.29, 1.82) is 0 Å². The van der Waals surface area contributed by atoms with Gasteiger partial charge in [0.25, 0.3) is 5.91 Å². The van der Waals surface area contributed by atoms with E-state index in [1.165, 1.54) is 6.07 Å². The monoisotopic (exact) mass is 279 g/mol. The van der Waals surface area contributed by atoms with Crippen LogP contribution in [-0.4, -0.2) is 23.0 Å². The second-order valence-corrected chi connectivity index (χ2v) is 5.20. The number of hydrogen-bond donors (Lipinski definition) is 2. The van der Waals surface area contributed by atoms with Crippen LogP contribution in [0.1, 0.15) is 42.1 Å². The molecule has 1 saturated carbocycles.